The van der Waals surface area contributed by atoms with E-state index in [0.29, 0.717) is 33.1 Å². The maximum atomic E-state index is 13.6. The first-order valence-corrected chi connectivity index (χ1v) is 12.2. The number of aromatic nitrogens is 4. The highest BCUT2D eigenvalue weighted by Crippen LogP contribution is 2.28. The molecule has 36 heavy (non-hydrogen) atoms. The van der Waals surface area contributed by atoms with E-state index in [2.05, 4.69) is 21.6 Å². The molecule has 178 valence electrons. The Balaban J connectivity index is 1.62. The molecular formula is C27H22N6O2S. The van der Waals surface area contributed by atoms with Gasteiger partial charge in [0.1, 0.15) is 6.07 Å². The summed E-state index contributed by atoms with van der Waals surface area (Å²) in [4.78, 5) is 26.6. The third-order valence-corrected chi connectivity index (χ3v) is 7.06. The summed E-state index contributed by atoms with van der Waals surface area (Å²) in [5.41, 5.74) is 3.97. The molecule has 2 heterocycles. The van der Waals surface area contributed by atoms with Gasteiger partial charge < -0.3 is 5.32 Å². The Bertz CT molecular complexity index is 1730. The van der Waals surface area contributed by atoms with Crippen LogP contribution in [0.15, 0.2) is 76.7 Å². The average molecular weight is 495 g/mol. The number of rotatable bonds is 5. The number of amides is 1. The van der Waals surface area contributed by atoms with Crippen molar-refractivity contribution >= 4 is 40.0 Å². The molecule has 0 fully saturated rings. The number of fused-ring (bicyclic) bond motifs is 3. The lowest BCUT2D eigenvalue weighted by Gasteiger charge is -2.16. The standard InChI is InChI=1S/C27H22N6O2S/c1-16-9-8-10-17(2)23(16)33-25(35)20-12-5-7-14-22(20)32-26(33)30-31-27(32)36-18(3)24(34)29-21-13-6-4-11-19(21)15-28/h4-14,18H,1-3H3,(H,29,34). The first-order chi connectivity index (χ1) is 17.4. The van der Waals surface area contributed by atoms with Crippen LogP contribution in [0.3, 0.4) is 0 Å². The molecule has 1 N–H and O–H groups in total. The SMILES string of the molecule is Cc1cccc(C)c1-n1c(=O)c2ccccc2n2c(SC(C)C(=O)Nc3ccccc3C#N)nnc12. The summed E-state index contributed by atoms with van der Waals surface area (Å²) < 4.78 is 3.41. The van der Waals surface area contributed by atoms with Crippen LogP contribution in [0.5, 0.6) is 0 Å². The molecule has 1 unspecified atom stereocenters. The summed E-state index contributed by atoms with van der Waals surface area (Å²) >= 11 is 1.23. The molecule has 8 nitrogen and oxygen atoms in total. The molecule has 5 rings (SSSR count). The van der Waals surface area contributed by atoms with E-state index in [1.165, 1.54) is 11.8 Å². The monoisotopic (exact) mass is 494 g/mol. The second-order valence-electron chi connectivity index (χ2n) is 8.42. The molecule has 5 aromatic rings. The van der Waals surface area contributed by atoms with Gasteiger partial charge in [0.05, 0.1) is 33.1 Å². The number of hydrogen-bond donors (Lipinski definition) is 1. The van der Waals surface area contributed by atoms with Gasteiger partial charge in [0.15, 0.2) is 5.16 Å². The lowest BCUT2D eigenvalue weighted by molar-refractivity contribution is -0.115. The van der Waals surface area contributed by atoms with Crippen LogP contribution in [0.4, 0.5) is 5.69 Å². The number of nitriles is 1. The van der Waals surface area contributed by atoms with Crippen molar-refractivity contribution in [1.29, 1.82) is 5.26 Å². The van der Waals surface area contributed by atoms with Gasteiger partial charge in [0, 0.05) is 0 Å². The number of anilines is 1. The third-order valence-electron chi connectivity index (χ3n) is 6.01. The van der Waals surface area contributed by atoms with Crippen molar-refractivity contribution < 1.29 is 4.79 Å². The molecule has 1 atom stereocenters. The van der Waals surface area contributed by atoms with Crippen LogP contribution in [-0.2, 0) is 4.79 Å². The number of benzene rings is 3. The highest BCUT2D eigenvalue weighted by molar-refractivity contribution is 8.00. The zero-order valence-corrected chi connectivity index (χ0v) is 20.7. The van der Waals surface area contributed by atoms with Gasteiger partial charge in [-0.1, -0.05) is 54.2 Å². The second-order valence-corrected chi connectivity index (χ2v) is 9.73. The van der Waals surface area contributed by atoms with Crippen molar-refractivity contribution in [1.82, 2.24) is 19.2 Å². The number of carbonyl (C=O) groups excluding carboxylic acids is 1. The van der Waals surface area contributed by atoms with E-state index in [9.17, 15) is 14.9 Å². The van der Waals surface area contributed by atoms with E-state index in [1.807, 2.05) is 54.6 Å². The predicted molar refractivity (Wildman–Crippen MR) is 141 cm³/mol. The fraction of sp³-hybridized carbons (Fsp3) is 0.148. The Labute approximate surface area is 211 Å². The van der Waals surface area contributed by atoms with Crippen molar-refractivity contribution in [2.75, 3.05) is 5.32 Å². The van der Waals surface area contributed by atoms with Crippen LogP contribution in [-0.4, -0.2) is 30.3 Å². The van der Waals surface area contributed by atoms with Gasteiger partial charge in [-0.3, -0.25) is 14.0 Å². The summed E-state index contributed by atoms with van der Waals surface area (Å²) in [5.74, 6) is 0.104. The largest absolute Gasteiger partial charge is 0.324 e. The Kier molecular flexibility index (Phi) is 6.04. The number of nitrogens with zero attached hydrogens (tertiary/aromatic N) is 5. The first-order valence-electron chi connectivity index (χ1n) is 11.3. The molecule has 3 aromatic carbocycles. The van der Waals surface area contributed by atoms with E-state index in [4.69, 9.17) is 0 Å². The molecule has 2 aromatic heterocycles. The number of thioether (sulfide) groups is 1. The van der Waals surface area contributed by atoms with Crippen LogP contribution < -0.4 is 10.9 Å². The number of carbonyl (C=O) groups is 1. The van der Waals surface area contributed by atoms with Crippen LogP contribution in [0.1, 0.15) is 23.6 Å². The highest BCUT2D eigenvalue weighted by atomic mass is 32.2. The van der Waals surface area contributed by atoms with Crippen molar-refractivity contribution in [3.63, 3.8) is 0 Å². The normalized spacial score (nSPS) is 11.9. The zero-order valence-electron chi connectivity index (χ0n) is 19.9. The molecule has 0 spiro atoms. The van der Waals surface area contributed by atoms with Gasteiger partial charge in [-0.2, -0.15) is 5.26 Å². The minimum atomic E-state index is -0.552. The lowest BCUT2D eigenvalue weighted by Crippen LogP contribution is -2.24. The van der Waals surface area contributed by atoms with E-state index in [1.54, 1.807) is 41.8 Å². The maximum absolute atomic E-state index is 13.6. The highest BCUT2D eigenvalue weighted by Gasteiger charge is 2.23. The Morgan fingerprint density at radius 1 is 1.00 bits per heavy atom. The minimum absolute atomic E-state index is 0.182. The smallest absolute Gasteiger partial charge is 0.267 e. The number of nitrogens with one attached hydrogen (secondary N) is 1. The van der Waals surface area contributed by atoms with Gasteiger partial charge in [-0.05, 0) is 56.2 Å². The molecule has 0 aliphatic rings. The third kappa shape index (κ3) is 3.91. The average Bonchev–Trinajstić information content (AvgIpc) is 3.29. The van der Waals surface area contributed by atoms with Crippen molar-refractivity contribution in [3.05, 3.63) is 93.8 Å². The molecule has 0 saturated heterocycles. The lowest BCUT2D eigenvalue weighted by atomic mass is 10.1. The Morgan fingerprint density at radius 2 is 1.69 bits per heavy atom. The summed E-state index contributed by atoms with van der Waals surface area (Å²) in [6.45, 7) is 5.68. The molecular weight excluding hydrogens is 472 g/mol. The molecule has 0 bridgehead atoms. The topological polar surface area (TPSA) is 105 Å². The maximum Gasteiger partial charge on any atom is 0.267 e. The summed E-state index contributed by atoms with van der Waals surface area (Å²) in [6, 6.07) is 22.1. The van der Waals surface area contributed by atoms with Crippen LogP contribution in [0, 0.1) is 25.2 Å². The Morgan fingerprint density at radius 3 is 2.44 bits per heavy atom. The molecule has 9 heteroatoms. The summed E-state index contributed by atoms with van der Waals surface area (Å²) in [6.07, 6.45) is 0. The van der Waals surface area contributed by atoms with Gasteiger partial charge in [0.2, 0.25) is 11.7 Å². The molecule has 0 aliphatic heterocycles. The quantitative estimate of drug-likeness (QED) is 0.357. The first kappa shape index (κ1) is 23.3. The van der Waals surface area contributed by atoms with Crippen LogP contribution in [0.25, 0.3) is 22.4 Å². The second kappa shape index (κ2) is 9.32. The molecule has 0 saturated carbocycles. The van der Waals surface area contributed by atoms with E-state index >= 15 is 0 Å². The number of para-hydroxylation sites is 3. The van der Waals surface area contributed by atoms with E-state index < -0.39 is 5.25 Å². The van der Waals surface area contributed by atoms with Gasteiger partial charge >= 0.3 is 0 Å². The van der Waals surface area contributed by atoms with Crippen LogP contribution >= 0.6 is 11.8 Å². The Hall–Kier alpha value is -4.42. The fourth-order valence-electron chi connectivity index (χ4n) is 4.25. The zero-order chi connectivity index (χ0) is 25.4. The van der Waals surface area contributed by atoms with E-state index in [-0.39, 0.29) is 11.5 Å². The fourth-order valence-corrected chi connectivity index (χ4v) is 5.11. The summed E-state index contributed by atoms with van der Waals surface area (Å²) in [5, 5.41) is 21.4. The van der Waals surface area contributed by atoms with Gasteiger partial charge in [-0.15, -0.1) is 10.2 Å². The van der Waals surface area contributed by atoms with Gasteiger partial charge in [0.25, 0.3) is 5.56 Å². The van der Waals surface area contributed by atoms with E-state index in [0.717, 1.165) is 16.8 Å². The number of hydrogen-bond acceptors (Lipinski definition) is 6. The predicted octanol–water partition coefficient (Wildman–Crippen LogP) is 4.64. The van der Waals surface area contributed by atoms with Crippen molar-refractivity contribution in [2.24, 2.45) is 0 Å². The van der Waals surface area contributed by atoms with Crippen LogP contribution in [0.2, 0.25) is 0 Å². The van der Waals surface area contributed by atoms with Crippen molar-refractivity contribution in [3.8, 4) is 11.8 Å². The minimum Gasteiger partial charge on any atom is -0.324 e. The summed E-state index contributed by atoms with van der Waals surface area (Å²) in [7, 11) is 0. The molecule has 1 amide bonds. The molecule has 0 aliphatic carbocycles. The molecule has 0 radical (unpaired) electrons. The van der Waals surface area contributed by atoms with Gasteiger partial charge in [-0.25, -0.2) is 4.57 Å². The van der Waals surface area contributed by atoms with Crippen molar-refractivity contribution in [2.45, 2.75) is 31.2 Å². The number of aryl methyl sites for hydroxylation is 2.